The molecule has 0 bridgehead atoms. The Balaban J connectivity index is 2.04. The number of rotatable bonds is 23. The van der Waals surface area contributed by atoms with Gasteiger partial charge in [-0.1, -0.05) is 116 Å². The molecule has 6 atom stereocenters. The number of nitrogens with zero attached hydrogens (tertiary/aromatic N) is 3. The molecule has 1 fully saturated rings. The summed E-state index contributed by atoms with van der Waals surface area (Å²) >= 11 is 0. The summed E-state index contributed by atoms with van der Waals surface area (Å²) in [5.41, 5.74) is 8.65. The van der Waals surface area contributed by atoms with E-state index >= 15 is 0 Å². The first-order valence-electron chi connectivity index (χ1n) is 14.9. The third-order valence-electron chi connectivity index (χ3n) is 8.03. The molecule has 2 unspecified atom stereocenters. The van der Waals surface area contributed by atoms with Crippen molar-refractivity contribution in [2.24, 2.45) is 22.9 Å². The number of methoxy groups -OCH3 is 1. The molecule has 0 spiro atoms. The molecule has 1 aliphatic rings. The van der Waals surface area contributed by atoms with Crippen LogP contribution in [0.1, 0.15) is 118 Å². The van der Waals surface area contributed by atoms with E-state index in [9.17, 15) is 0 Å². The summed E-state index contributed by atoms with van der Waals surface area (Å²) in [5.74, 6) is 0.994. The molecule has 0 aromatic carbocycles. The zero-order valence-corrected chi connectivity index (χ0v) is 24.2. The van der Waals surface area contributed by atoms with E-state index in [-0.39, 0.29) is 24.4 Å². The fourth-order valence-corrected chi connectivity index (χ4v) is 5.00. The molecule has 1 rings (SSSR count). The largest absolute Gasteiger partial charge is 0.379 e. The lowest BCUT2D eigenvalue weighted by Gasteiger charge is -2.43. The van der Waals surface area contributed by atoms with Gasteiger partial charge in [0, 0.05) is 24.5 Å². The molecule has 0 radical (unpaired) electrons. The van der Waals surface area contributed by atoms with Crippen molar-refractivity contribution in [2.45, 2.75) is 136 Å². The van der Waals surface area contributed by atoms with Crippen LogP contribution in [0.25, 0.3) is 10.4 Å². The molecular formula is C29H57N3O4. The summed E-state index contributed by atoms with van der Waals surface area (Å²) in [7, 11) is 1.70. The van der Waals surface area contributed by atoms with Gasteiger partial charge in [0.25, 0.3) is 0 Å². The van der Waals surface area contributed by atoms with Crippen molar-refractivity contribution < 1.29 is 18.9 Å². The SMILES string of the molecule is CCCCCCCCCCCCCCCCOC[C@H](CO[C@@H]1OC(CN=[N+]=[N-])[C@@H](C)[C@H](C)C1C)OC. The Morgan fingerprint density at radius 3 is 1.86 bits per heavy atom. The maximum Gasteiger partial charge on any atom is 0.160 e. The summed E-state index contributed by atoms with van der Waals surface area (Å²) in [6.07, 6.45) is 18.5. The van der Waals surface area contributed by atoms with Crippen LogP contribution in [-0.2, 0) is 18.9 Å². The molecule has 1 saturated heterocycles. The Bertz CT molecular complexity index is 559. The molecule has 1 heterocycles. The second-order valence-electron chi connectivity index (χ2n) is 10.9. The lowest BCUT2D eigenvalue weighted by atomic mass is 9.79. The number of hydrogen-bond donors (Lipinski definition) is 0. The van der Waals surface area contributed by atoms with Crippen LogP contribution >= 0.6 is 0 Å². The van der Waals surface area contributed by atoms with Gasteiger partial charge in [0.1, 0.15) is 6.10 Å². The quantitative estimate of drug-likeness (QED) is 0.0596. The molecule has 0 N–H and O–H groups in total. The first kappa shape index (κ1) is 33.2. The normalized spacial score (nSPS) is 25.0. The monoisotopic (exact) mass is 511 g/mol. The third-order valence-corrected chi connectivity index (χ3v) is 8.03. The summed E-state index contributed by atoms with van der Waals surface area (Å²) in [6, 6.07) is 0. The van der Waals surface area contributed by atoms with Crippen molar-refractivity contribution in [3.63, 3.8) is 0 Å². The maximum atomic E-state index is 8.65. The second kappa shape index (κ2) is 22.2. The fourth-order valence-electron chi connectivity index (χ4n) is 5.00. The Morgan fingerprint density at radius 1 is 0.778 bits per heavy atom. The van der Waals surface area contributed by atoms with E-state index in [1.165, 1.54) is 83.5 Å². The smallest absolute Gasteiger partial charge is 0.160 e. The Labute approximate surface area is 222 Å². The Kier molecular flexibility index (Phi) is 20.4. The third kappa shape index (κ3) is 14.8. The van der Waals surface area contributed by atoms with Gasteiger partial charge in [0.2, 0.25) is 0 Å². The van der Waals surface area contributed by atoms with E-state index in [0.717, 1.165) is 13.0 Å². The average molecular weight is 512 g/mol. The van der Waals surface area contributed by atoms with Crippen LogP contribution in [0.3, 0.4) is 0 Å². The average Bonchev–Trinajstić information content (AvgIpc) is 2.89. The van der Waals surface area contributed by atoms with E-state index in [4.69, 9.17) is 24.5 Å². The highest BCUT2D eigenvalue weighted by Gasteiger charge is 2.39. The summed E-state index contributed by atoms with van der Waals surface area (Å²) in [5, 5.41) is 3.71. The number of ether oxygens (including phenoxy) is 4. The van der Waals surface area contributed by atoms with Crippen LogP contribution in [0, 0.1) is 17.8 Å². The number of hydrogen-bond acceptors (Lipinski definition) is 5. The highest BCUT2D eigenvalue weighted by molar-refractivity contribution is 4.84. The summed E-state index contributed by atoms with van der Waals surface area (Å²) in [6.45, 7) is 10.9. The van der Waals surface area contributed by atoms with Gasteiger partial charge in [0.15, 0.2) is 6.29 Å². The van der Waals surface area contributed by atoms with Crippen LogP contribution in [0.4, 0.5) is 0 Å². The molecule has 212 valence electrons. The van der Waals surface area contributed by atoms with Crippen molar-refractivity contribution >= 4 is 0 Å². The molecular weight excluding hydrogens is 454 g/mol. The van der Waals surface area contributed by atoms with Gasteiger partial charge in [-0.3, -0.25) is 0 Å². The van der Waals surface area contributed by atoms with Gasteiger partial charge in [-0.15, -0.1) is 0 Å². The Hall–Kier alpha value is -0.850. The zero-order chi connectivity index (χ0) is 26.4. The predicted octanol–water partition coefficient (Wildman–Crippen LogP) is 8.46. The minimum absolute atomic E-state index is 0.113. The molecule has 1 aliphatic heterocycles. The predicted molar refractivity (Wildman–Crippen MR) is 148 cm³/mol. The van der Waals surface area contributed by atoms with Crippen LogP contribution in [0.15, 0.2) is 5.11 Å². The van der Waals surface area contributed by atoms with Crippen molar-refractivity contribution in [1.29, 1.82) is 0 Å². The molecule has 0 aromatic heterocycles. The van der Waals surface area contributed by atoms with Crippen molar-refractivity contribution in [2.75, 3.05) is 33.5 Å². The highest BCUT2D eigenvalue weighted by Crippen LogP contribution is 2.35. The second-order valence-corrected chi connectivity index (χ2v) is 10.9. The minimum Gasteiger partial charge on any atom is -0.379 e. The Morgan fingerprint density at radius 2 is 1.33 bits per heavy atom. The topological polar surface area (TPSA) is 85.7 Å². The molecule has 0 amide bonds. The lowest BCUT2D eigenvalue weighted by molar-refractivity contribution is -0.254. The number of unbranched alkanes of at least 4 members (excludes halogenated alkanes) is 13. The molecule has 0 saturated carbocycles. The van der Waals surface area contributed by atoms with E-state index in [1.807, 2.05) is 0 Å². The fraction of sp³-hybridized carbons (Fsp3) is 1.00. The summed E-state index contributed by atoms with van der Waals surface area (Å²) < 4.78 is 23.7. The molecule has 0 aromatic rings. The first-order valence-corrected chi connectivity index (χ1v) is 14.9. The zero-order valence-electron chi connectivity index (χ0n) is 24.2. The molecule has 7 nitrogen and oxygen atoms in total. The van der Waals surface area contributed by atoms with Crippen molar-refractivity contribution in [1.82, 2.24) is 0 Å². The molecule has 0 aliphatic carbocycles. The first-order chi connectivity index (χ1) is 17.5. The van der Waals surface area contributed by atoms with Gasteiger partial charge < -0.3 is 18.9 Å². The van der Waals surface area contributed by atoms with E-state index in [2.05, 4.69) is 37.7 Å². The minimum atomic E-state index is -0.321. The van der Waals surface area contributed by atoms with Gasteiger partial charge in [0.05, 0.1) is 25.9 Å². The number of azide groups is 1. The highest BCUT2D eigenvalue weighted by atomic mass is 16.7. The van der Waals surface area contributed by atoms with Gasteiger partial charge in [-0.25, -0.2) is 0 Å². The maximum absolute atomic E-state index is 8.65. The van der Waals surface area contributed by atoms with Crippen LogP contribution in [-0.4, -0.2) is 52.0 Å². The van der Waals surface area contributed by atoms with E-state index in [1.54, 1.807) is 7.11 Å². The van der Waals surface area contributed by atoms with Gasteiger partial charge in [-0.05, 0) is 23.8 Å². The summed E-state index contributed by atoms with van der Waals surface area (Å²) in [4.78, 5) is 2.88. The van der Waals surface area contributed by atoms with Crippen LogP contribution in [0.2, 0.25) is 0 Å². The van der Waals surface area contributed by atoms with Crippen LogP contribution in [0.5, 0.6) is 0 Å². The standard InChI is InChI=1S/C29H57N3O4/c1-6-7-8-9-10-11-12-13-14-15-16-17-18-19-20-34-22-27(33-5)23-35-29-26(4)24(2)25(3)28(36-29)21-31-32-30/h24-29H,6-23H2,1-5H3/t24-,25-,26?,27+,28?,29+/m0/s1. The van der Waals surface area contributed by atoms with Gasteiger partial charge in [-0.2, -0.15) is 0 Å². The van der Waals surface area contributed by atoms with E-state index < -0.39 is 0 Å². The molecule has 7 heteroatoms. The van der Waals surface area contributed by atoms with Crippen molar-refractivity contribution in [3.05, 3.63) is 10.4 Å². The van der Waals surface area contributed by atoms with Crippen LogP contribution < -0.4 is 0 Å². The van der Waals surface area contributed by atoms with E-state index in [0.29, 0.717) is 31.6 Å². The van der Waals surface area contributed by atoms with Crippen molar-refractivity contribution in [3.8, 4) is 0 Å². The van der Waals surface area contributed by atoms with Gasteiger partial charge >= 0.3 is 0 Å². The lowest BCUT2D eigenvalue weighted by Crippen LogP contribution is -2.47. The molecule has 36 heavy (non-hydrogen) atoms.